The topological polar surface area (TPSA) is 54.6 Å². The van der Waals surface area contributed by atoms with Gasteiger partial charge in [0.2, 0.25) is 0 Å². The number of ether oxygens (including phenoxy) is 1. The van der Waals surface area contributed by atoms with Crippen molar-refractivity contribution in [3.8, 4) is 11.8 Å². The smallest absolute Gasteiger partial charge is 0.157 e. The van der Waals surface area contributed by atoms with Gasteiger partial charge < -0.3 is 9.57 Å². The summed E-state index contributed by atoms with van der Waals surface area (Å²) in [5.74, 6) is 1.30. The van der Waals surface area contributed by atoms with E-state index in [9.17, 15) is 0 Å². The lowest BCUT2D eigenvalue weighted by Gasteiger charge is -2.15. The van der Waals surface area contributed by atoms with E-state index in [1.807, 2.05) is 43.3 Å². The number of hydrogen-bond donors (Lipinski definition) is 0. The largest absolute Gasteiger partial charge is 0.497 e. The molecule has 1 aliphatic carbocycles. The molecule has 0 bridgehead atoms. The van der Waals surface area contributed by atoms with Crippen molar-refractivity contribution in [2.24, 2.45) is 11.1 Å². The highest BCUT2D eigenvalue weighted by Gasteiger charge is 2.17. The molecule has 0 heterocycles. The summed E-state index contributed by atoms with van der Waals surface area (Å²) >= 11 is 0. The average molecular weight is 268 g/mol. The molecule has 0 fully saturated rings. The predicted molar refractivity (Wildman–Crippen MR) is 77.2 cm³/mol. The fourth-order valence-electron chi connectivity index (χ4n) is 1.81. The van der Waals surface area contributed by atoms with E-state index >= 15 is 0 Å². The number of hydrogen-bond acceptors (Lipinski definition) is 4. The van der Waals surface area contributed by atoms with Gasteiger partial charge in [0, 0.05) is 18.4 Å². The van der Waals surface area contributed by atoms with E-state index < -0.39 is 0 Å². The van der Waals surface area contributed by atoms with Crippen LogP contribution in [0, 0.1) is 24.2 Å². The number of benzene rings is 1. The molecule has 0 aliphatic heterocycles. The third-order valence-corrected chi connectivity index (χ3v) is 2.99. The second-order valence-electron chi connectivity index (χ2n) is 4.50. The summed E-state index contributed by atoms with van der Waals surface area (Å²) in [6.07, 6.45) is 5.89. The van der Waals surface area contributed by atoms with Crippen LogP contribution in [0.25, 0.3) is 0 Å². The zero-order chi connectivity index (χ0) is 14.4. The van der Waals surface area contributed by atoms with Crippen molar-refractivity contribution >= 4 is 5.71 Å². The lowest BCUT2D eigenvalue weighted by Crippen LogP contribution is -2.15. The first kappa shape index (κ1) is 13.9. The van der Waals surface area contributed by atoms with E-state index in [0.29, 0.717) is 23.6 Å². The van der Waals surface area contributed by atoms with E-state index in [1.165, 1.54) is 0 Å². The van der Waals surface area contributed by atoms with Gasteiger partial charge in [0.1, 0.15) is 5.76 Å². The Morgan fingerprint density at radius 2 is 2.05 bits per heavy atom. The molecule has 102 valence electrons. The number of aryl methyl sites for hydroxylation is 1. The van der Waals surface area contributed by atoms with Crippen molar-refractivity contribution in [2.75, 3.05) is 7.11 Å². The van der Waals surface area contributed by atoms with Crippen LogP contribution in [0.5, 0.6) is 5.75 Å². The Balaban J connectivity index is 2.16. The van der Waals surface area contributed by atoms with E-state index in [-0.39, 0.29) is 5.92 Å². The maximum atomic E-state index is 8.84. The molecular weight excluding hydrogens is 252 g/mol. The molecule has 0 spiro atoms. The molecule has 0 saturated carbocycles. The molecule has 0 N–H and O–H groups in total. The normalized spacial score (nSPS) is 19.4. The third-order valence-electron chi connectivity index (χ3n) is 2.99. The maximum Gasteiger partial charge on any atom is 0.157 e. The van der Waals surface area contributed by atoms with Crippen LogP contribution in [0.1, 0.15) is 12.0 Å². The van der Waals surface area contributed by atoms with E-state index in [0.717, 1.165) is 5.56 Å². The molecule has 1 aromatic rings. The minimum atomic E-state index is -0.0654. The van der Waals surface area contributed by atoms with Crippen LogP contribution in [-0.2, 0) is 4.74 Å². The summed E-state index contributed by atoms with van der Waals surface area (Å²) in [7, 11) is 1.60. The Bertz CT molecular complexity index is 592. The van der Waals surface area contributed by atoms with E-state index in [2.05, 4.69) is 11.2 Å². The maximum absolute atomic E-state index is 8.84. The van der Waals surface area contributed by atoms with Gasteiger partial charge in [-0.25, -0.2) is 0 Å². The highest BCUT2D eigenvalue weighted by atomic mass is 16.6. The van der Waals surface area contributed by atoms with Gasteiger partial charge in [-0.15, -0.1) is 0 Å². The van der Waals surface area contributed by atoms with Crippen LogP contribution in [-0.4, -0.2) is 12.8 Å². The highest BCUT2D eigenvalue weighted by Crippen LogP contribution is 2.19. The van der Waals surface area contributed by atoms with Crippen molar-refractivity contribution in [3.63, 3.8) is 0 Å². The minimum absolute atomic E-state index is 0.0654. The number of nitrogens with zero attached hydrogens (tertiary/aromatic N) is 2. The zero-order valence-electron chi connectivity index (χ0n) is 11.5. The number of allylic oxidation sites excluding steroid dienone is 3. The van der Waals surface area contributed by atoms with Gasteiger partial charge in [0.15, 0.2) is 5.75 Å². The van der Waals surface area contributed by atoms with Gasteiger partial charge in [-0.3, -0.25) is 0 Å². The second-order valence-corrected chi connectivity index (χ2v) is 4.50. The van der Waals surface area contributed by atoms with Gasteiger partial charge in [-0.1, -0.05) is 28.9 Å². The lowest BCUT2D eigenvalue weighted by atomic mass is 9.95. The Morgan fingerprint density at radius 1 is 1.30 bits per heavy atom. The average Bonchev–Trinajstić information content (AvgIpc) is 2.48. The molecule has 1 unspecified atom stereocenters. The summed E-state index contributed by atoms with van der Waals surface area (Å²) in [6, 6.07) is 9.78. The Kier molecular flexibility index (Phi) is 4.56. The number of rotatable bonds is 4. The zero-order valence-corrected chi connectivity index (χ0v) is 11.5. The molecule has 0 saturated heterocycles. The number of oxime groups is 1. The summed E-state index contributed by atoms with van der Waals surface area (Å²) in [6.45, 7) is 2.01. The summed E-state index contributed by atoms with van der Waals surface area (Å²) in [5.41, 5.74) is 1.85. The van der Waals surface area contributed by atoms with Crippen LogP contribution in [0.2, 0.25) is 0 Å². The van der Waals surface area contributed by atoms with Crippen LogP contribution in [0.4, 0.5) is 0 Å². The third kappa shape index (κ3) is 3.48. The van der Waals surface area contributed by atoms with E-state index in [4.69, 9.17) is 14.8 Å². The van der Waals surface area contributed by atoms with Gasteiger partial charge in [0.25, 0.3) is 0 Å². The van der Waals surface area contributed by atoms with Crippen molar-refractivity contribution < 1.29 is 9.57 Å². The van der Waals surface area contributed by atoms with Gasteiger partial charge >= 0.3 is 0 Å². The highest BCUT2D eigenvalue weighted by molar-refractivity contribution is 5.99. The molecule has 1 aliphatic rings. The van der Waals surface area contributed by atoms with Crippen molar-refractivity contribution in [1.82, 2.24) is 0 Å². The Hall–Kier alpha value is -2.54. The molecule has 4 heteroatoms. The number of nitriles is 1. The van der Waals surface area contributed by atoms with Crippen molar-refractivity contribution in [1.29, 1.82) is 5.26 Å². The number of methoxy groups -OCH3 is 1. The molecule has 1 aromatic carbocycles. The van der Waals surface area contributed by atoms with Crippen LogP contribution in [0.15, 0.2) is 53.4 Å². The van der Waals surface area contributed by atoms with Crippen LogP contribution >= 0.6 is 0 Å². The molecule has 0 radical (unpaired) electrons. The summed E-state index contributed by atoms with van der Waals surface area (Å²) in [4.78, 5) is 5.41. The lowest BCUT2D eigenvalue weighted by molar-refractivity contribution is 0.304. The fraction of sp³-hybridized carbons (Fsp3) is 0.250. The first-order valence-electron chi connectivity index (χ1n) is 6.35. The monoisotopic (exact) mass is 268 g/mol. The molecule has 20 heavy (non-hydrogen) atoms. The van der Waals surface area contributed by atoms with E-state index in [1.54, 1.807) is 13.2 Å². The van der Waals surface area contributed by atoms with Gasteiger partial charge in [-0.2, -0.15) is 5.26 Å². The molecule has 1 atom stereocenters. The Morgan fingerprint density at radius 3 is 2.70 bits per heavy atom. The summed E-state index contributed by atoms with van der Waals surface area (Å²) < 4.78 is 5.17. The minimum Gasteiger partial charge on any atom is -0.497 e. The SMILES string of the molecule is COC1=CC(=NOc2ccc(C)cc2)C(CC#N)C=C1. The van der Waals surface area contributed by atoms with Gasteiger partial charge in [-0.05, 0) is 25.1 Å². The molecule has 4 nitrogen and oxygen atoms in total. The van der Waals surface area contributed by atoms with Crippen LogP contribution < -0.4 is 4.84 Å². The van der Waals surface area contributed by atoms with Crippen molar-refractivity contribution in [3.05, 3.63) is 53.8 Å². The second kappa shape index (κ2) is 6.58. The van der Waals surface area contributed by atoms with Gasteiger partial charge in [0.05, 0.1) is 18.9 Å². The fourth-order valence-corrected chi connectivity index (χ4v) is 1.81. The quantitative estimate of drug-likeness (QED) is 0.787. The predicted octanol–water partition coefficient (Wildman–Crippen LogP) is 3.36. The molecule has 0 aromatic heterocycles. The standard InChI is InChI=1S/C16H16N2O2/c1-12-3-6-14(7-4-12)20-18-16-11-15(19-2)8-5-13(16)9-10-17/h3-8,11,13H,9H2,1-2H3. The molecule has 2 rings (SSSR count). The van der Waals surface area contributed by atoms with Crippen molar-refractivity contribution in [2.45, 2.75) is 13.3 Å². The first-order valence-corrected chi connectivity index (χ1v) is 6.35. The molecule has 0 amide bonds. The summed E-state index contributed by atoms with van der Waals surface area (Å²) in [5, 5.41) is 13.0. The van der Waals surface area contributed by atoms with Crippen LogP contribution in [0.3, 0.4) is 0 Å². The molecular formula is C16H16N2O2. The first-order chi connectivity index (χ1) is 9.72. The Labute approximate surface area is 118 Å².